The number of rotatable bonds is 9. The summed E-state index contributed by atoms with van der Waals surface area (Å²) >= 11 is 0. The zero-order chi connectivity index (χ0) is 22.1. The first-order valence-electron chi connectivity index (χ1n) is 10.3. The molecule has 1 aliphatic heterocycles. The second-order valence-corrected chi connectivity index (χ2v) is 8.98. The lowest BCUT2D eigenvalue weighted by Crippen LogP contribution is -2.67. The third kappa shape index (κ3) is 3.74. The molecule has 8 atom stereocenters. The van der Waals surface area contributed by atoms with Gasteiger partial charge in [0.15, 0.2) is 18.9 Å². The molecule has 2 aliphatic carbocycles. The lowest BCUT2D eigenvalue weighted by atomic mass is 9.46. The number of allylic oxidation sites excluding steroid dienone is 1. The summed E-state index contributed by atoms with van der Waals surface area (Å²) in [7, 11) is 6.19. The number of aliphatic hydroxyl groups is 2. The highest BCUT2D eigenvalue weighted by Gasteiger charge is 2.73. The summed E-state index contributed by atoms with van der Waals surface area (Å²) in [5.74, 6) is -1.08. The van der Waals surface area contributed by atoms with Crippen LogP contribution in [-0.2, 0) is 33.2 Å². The smallest absolute Gasteiger partial charge is 0.166 e. The fourth-order valence-electron chi connectivity index (χ4n) is 6.04. The van der Waals surface area contributed by atoms with Crippen molar-refractivity contribution in [3.05, 3.63) is 12.2 Å². The van der Waals surface area contributed by atoms with Crippen molar-refractivity contribution in [1.82, 2.24) is 0 Å². The zero-order valence-electron chi connectivity index (χ0n) is 18.6. The largest absolute Gasteiger partial charge is 0.368 e. The molecule has 2 N–H and O–H groups in total. The van der Waals surface area contributed by atoms with Crippen LogP contribution in [0.25, 0.3) is 0 Å². The van der Waals surface area contributed by atoms with Gasteiger partial charge in [-0.15, -0.1) is 0 Å². The van der Waals surface area contributed by atoms with E-state index >= 15 is 0 Å². The molecule has 0 aromatic heterocycles. The van der Waals surface area contributed by atoms with Crippen LogP contribution in [0.1, 0.15) is 20.3 Å². The highest BCUT2D eigenvalue weighted by Crippen LogP contribution is 2.66. The van der Waals surface area contributed by atoms with Crippen molar-refractivity contribution in [2.75, 3.05) is 42.0 Å². The molecule has 174 valence electrons. The molecule has 0 aromatic rings. The molecule has 9 nitrogen and oxygen atoms in total. The zero-order valence-corrected chi connectivity index (χ0v) is 18.6. The molecule has 3 rings (SSSR count). The van der Waals surface area contributed by atoms with Crippen molar-refractivity contribution in [3.63, 3.8) is 0 Å². The van der Waals surface area contributed by atoms with E-state index in [9.17, 15) is 10.2 Å². The average molecular weight is 433 g/mol. The predicted molar refractivity (Wildman–Crippen MR) is 105 cm³/mol. The average Bonchev–Trinajstić information content (AvgIpc) is 2.97. The van der Waals surface area contributed by atoms with Crippen molar-refractivity contribution in [2.24, 2.45) is 28.6 Å². The van der Waals surface area contributed by atoms with Gasteiger partial charge in [-0.25, -0.2) is 0 Å². The summed E-state index contributed by atoms with van der Waals surface area (Å²) in [5, 5.41) is 22.2. The van der Waals surface area contributed by atoms with E-state index in [0.29, 0.717) is 6.42 Å². The molecular weight excluding hydrogens is 396 g/mol. The Morgan fingerprint density at radius 3 is 2.23 bits per heavy atom. The van der Waals surface area contributed by atoms with Crippen LogP contribution in [0.4, 0.5) is 0 Å². The maximum Gasteiger partial charge on any atom is 0.166 e. The van der Waals surface area contributed by atoms with Gasteiger partial charge in [0.2, 0.25) is 0 Å². The molecule has 1 heterocycles. The van der Waals surface area contributed by atoms with Crippen LogP contribution in [0, 0.1) is 28.6 Å². The van der Waals surface area contributed by atoms with E-state index in [2.05, 4.69) is 19.9 Å². The Morgan fingerprint density at radius 2 is 1.63 bits per heavy atom. The lowest BCUT2D eigenvalue weighted by molar-refractivity contribution is -0.291. The van der Waals surface area contributed by atoms with Crippen molar-refractivity contribution >= 4 is 0 Å². The Bertz CT molecular complexity index is 593. The first-order valence-corrected chi connectivity index (χ1v) is 10.3. The second-order valence-electron chi connectivity index (χ2n) is 8.98. The highest BCUT2D eigenvalue weighted by molar-refractivity contribution is 5.24. The molecule has 30 heavy (non-hydrogen) atoms. The maximum absolute atomic E-state index is 11.3. The number of hydrogen-bond acceptors (Lipinski definition) is 9. The molecule has 9 heteroatoms. The van der Waals surface area contributed by atoms with Gasteiger partial charge in [-0.2, -0.15) is 0 Å². The predicted octanol–water partition coefficient (Wildman–Crippen LogP) is 1.09. The Hall–Kier alpha value is -0.620. The Kier molecular flexibility index (Phi) is 7.59. The van der Waals surface area contributed by atoms with Crippen molar-refractivity contribution in [3.8, 4) is 0 Å². The normalized spacial score (nSPS) is 42.4. The first-order chi connectivity index (χ1) is 14.3. The quantitative estimate of drug-likeness (QED) is 0.409. The molecule has 0 amide bonds. The standard InChI is InChI=1S/C21H36O9/c1-20(2)9-13(28-10-24-3)16(29-11-25-4)21-14(20)8-7-12(18(26-5)27-6)15(21)17(22)30-19(21)23/h7-8,12-19,22-23H,9-11H2,1-6H3/t12-,13-,14-,15+,16-,17?,19?,21+/m0/s1. The van der Waals surface area contributed by atoms with Crippen LogP contribution in [0.5, 0.6) is 0 Å². The second kappa shape index (κ2) is 9.48. The highest BCUT2D eigenvalue weighted by atomic mass is 16.7. The third-order valence-electron chi connectivity index (χ3n) is 7.00. The molecule has 0 radical (unpaired) electrons. The van der Waals surface area contributed by atoms with E-state index in [1.807, 2.05) is 6.08 Å². The third-order valence-corrected chi connectivity index (χ3v) is 7.00. The minimum absolute atomic E-state index is 0.00824. The maximum atomic E-state index is 11.3. The van der Waals surface area contributed by atoms with E-state index in [4.69, 9.17) is 33.2 Å². The van der Waals surface area contributed by atoms with E-state index in [1.165, 1.54) is 7.11 Å². The van der Waals surface area contributed by atoms with Crippen LogP contribution in [0.15, 0.2) is 12.2 Å². The molecule has 3 aliphatic rings. The monoisotopic (exact) mass is 432 g/mol. The summed E-state index contributed by atoms with van der Waals surface area (Å²) < 4.78 is 39.2. The summed E-state index contributed by atoms with van der Waals surface area (Å²) in [5.41, 5.74) is -1.29. The van der Waals surface area contributed by atoms with Crippen molar-refractivity contribution in [2.45, 2.75) is 51.3 Å². The summed E-state index contributed by atoms with van der Waals surface area (Å²) in [6.07, 6.45) is 0.583. The number of methoxy groups -OCH3 is 4. The lowest BCUT2D eigenvalue weighted by Gasteiger charge is -2.61. The van der Waals surface area contributed by atoms with Gasteiger partial charge in [0.1, 0.15) is 13.6 Å². The van der Waals surface area contributed by atoms with Crippen LogP contribution in [0.3, 0.4) is 0 Å². The van der Waals surface area contributed by atoms with E-state index < -0.39 is 42.4 Å². The Balaban J connectivity index is 2.15. The molecule has 1 spiro atoms. The Labute approximate surface area is 178 Å². The van der Waals surface area contributed by atoms with Gasteiger partial charge in [-0.1, -0.05) is 26.0 Å². The minimum Gasteiger partial charge on any atom is -0.368 e. The van der Waals surface area contributed by atoms with E-state index in [1.54, 1.807) is 21.3 Å². The van der Waals surface area contributed by atoms with Gasteiger partial charge in [0.25, 0.3) is 0 Å². The van der Waals surface area contributed by atoms with E-state index in [0.717, 1.165) is 0 Å². The molecule has 2 fully saturated rings. The fourth-order valence-corrected chi connectivity index (χ4v) is 6.04. The van der Waals surface area contributed by atoms with Crippen LogP contribution in [-0.4, -0.2) is 83.3 Å². The molecule has 0 aromatic carbocycles. The number of ether oxygens (including phenoxy) is 7. The molecule has 1 saturated heterocycles. The fraction of sp³-hybridized carbons (Fsp3) is 0.905. The summed E-state index contributed by atoms with van der Waals surface area (Å²) in [4.78, 5) is 0. The number of aliphatic hydroxyl groups excluding tert-OH is 2. The van der Waals surface area contributed by atoms with Gasteiger partial charge >= 0.3 is 0 Å². The van der Waals surface area contributed by atoms with Gasteiger partial charge in [-0.05, 0) is 17.8 Å². The van der Waals surface area contributed by atoms with Gasteiger partial charge in [0, 0.05) is 40.3 Å². The topological polar surface area (TPSA) is 105 Å². The van der Waals surface area contributed by atoms with Crippen LogP contribution >= 0.6 is 0 Å². The first kappa shape index (κ1) is 24.0. The summed E-state index contributed by atoms with van der Waals surface area (Å²) in [6, 6.07) is 0. The molecule has 1 saturated carbocycles. The van der Waals surface area contributed by atoms with Gasteiger partial charge < -0.3 is 43.4 Å². The van der Waals surface area contributed by atoms with Gasteiger partial charge in [-0.3, -0.25) is 0 Å². The minimum atomic E-state index is -1.28. The van der Waals surface area contributed by atoms with Gasteiger partial charge in [0.05, 0.1) is 17.6 Å². The number of hydrogen-bond donors (Lipinski definition) is 2. The Morgan fingerprint density at radius 1 is 1.00 bits per heavy atom. The summed E-state index contributed by atoms with van der Waals surface area (Å²) in [6.45, 7) is 4.33. The van der Waals surface area contributed by atoms with E-state index in [-0.39, 0.29) is 30.8 Å². The molecule has 2 unspecified atom stereocenters. The SMILES string of the molecule is COCO[C@H]1CC(C)(C)[C@@H]2C=C[C@H](C(OC)OC)[C@@H]3C(O)OC(O)[C@@]32[C@H]1OCOC. The van der Waals surface area contributed by atoms with Crippen LogP contribution < -0.4 is 0 Å². The van der Waals surface area contributed by atoms with Crippen molar-refractivity contribution < 1.29 is 43.4 Å². The molecular formula is C21H36O9. The molecule has 0 bridgehead atoms. The van der Waals surface area contributed by atoms with Crippen LogP contribution in [0.2, 0.25) is 0 Å². The van der Waals surface area contributed by atoms with Crippen molar-refractivity contribution in [1.29, 1.82) is 0 Å².